The number of nitrogens with one attached hydrogen (secondary N) is 3. The highest BCUT2D eigenvalue weighted by molar-refractivity contribution is 6.62. The third-order valence-corrected chi connectivity index (χ3v) is 7.59. The van der Waals surface area contributed by atoms with Gasteiger partial charge in [0.1, 0.15) is 6.04 Å². The van der Waals surface area contributed by atoms with E-state index in [0.717, 1.165) is 51.4 Å². The van der Waals surface area contributed by atoms with E-state index in [1.807, 2.05) is 0 Å². The van der Waals surface area contributed by atoms with Crippen molar-refractivity contribution in [1.29, 1.82) is 0 Å². The summed E-state index contributed by atoms with van der Waals surface area (Å²) in [4.78, 5) is 35.2. The number of unbranched alkanes of at least 4 members (excludes halogenated alkanes) is 13. The minimum absolute atomic E-state index is 0.0250. The highest BCUT2D eigenvalue weighted by Crippen LogP contribution is 2.13. The number of benzene rings is 1. The van der Waals surface area contributed by atoms with Crippen molar-refractivity contribution >= 4 is 42.9 Å². The van der Waals surface area contributed by atoms with Gasteiger partial charge < -0.3 is 41.2 Å². The van der Waals surface area contributed by atoms with E-state index < -0.39 is 32.2 Å². The lowest BCUT2D eigenvalue weighted by molar-refractivity contribution is -0.139. The van der Waals surface area contributed by atoms with Crippen molar-refractivity contribution in [2.75, 3.05) is 20.1 Å². The average Bonchev–Trinajstić information content (AvgIpc) is 2.98. The second kappa shape index (κ2) is 23.9. The number of carboxylic acids is 1. The molecule has 0 unspecified atom stereocenters. The van der Waals surface area contributed by atoms with E-state index in [1.165, 1.54) is 63.1 Å². The standard InChI is InChI=1S/C30H53B2N3O8/c1-33-27(30(38)39)17-14-16-19-34-28(36)18-13-11-9-7-5-3-2-4-6-8-10-12-15-20-35-29(37)24-21-25(31(40)41)23-26(22-24)32(42)43/h21-23,27,33,40-43H,2-20H2,1H3,(H,34,36)(H,35,37)(H,38,39)/t27-/m0/s1. The quantitative estimate of drug-likeness (QED) is 0.0567. The molecular formula is C30H53B2N3O8. The van der Waals surface area contributed by atoms with Crippen LogP contribution in [0.15, 0.2) is 18.2 Å². The molecule has 0 saturated carbocycles. The Bertz CT molecular complexity index is 910. The molecule has 0 saturated heterocycles. The van der Waals surface area contributed by atoms with Gasteiger partial charge in [-0.15, -0.1) is 0 Å². The molecule has 8 N–H and O–H groups in total. The normalized spacial score (nSPS) is 11.7. The van der Waals surface area contributed by atoms with Crippen molar-refractivity contribution in [3.05, 3.63) is 23.8 Å². The summed E-state index contributed by atoms with van der Waals surface area (Å²) in [5.41, 5.74) is 0.202. The largest absolute Gasteiger partial charge is 0.488 e. The Balaban J connectivity index is 1.92. The van der Waals surface area contributed by atoms with E-state index in [1.54, 1.807) is 7.05 Å². The molecule has 242 valence electrons. The Morgan fingerprint density at radius 3 is 1.56 bits per heavy atom. The third kappa shape index (κ3) is 18.7. The van der Waals surface area contributed by atoms with Gasteiger partial charge in [-0.1, -0.05) is 76.7 Å². The number of carboxylic acid groups (broad SMARTS) is 1. The Morgan fingerprint density at radius 1 is 0.651 bits per heavy atom. The van der Waals surface area contributed by atoms with Gasteiger partial charge in [0.05, 0.1) is 0 Å². The van der Waals surface area contributed by atoms with Crippen LogP contribution in [0.25, 0.3) is 0 Å². The van der Waals surface area contributed by atoms with Crippen LogP contribution in [0.4, 0.5) is 0 Å². The Hall–Kier alpha value is -2.44. The fourth-order valence-electron chi connectivity index (χ4n) is 4.95. The van der Waals surface area contributed by atoms with E-state index in [0.29, 0.717) is 25.9 Å². The van der Waals surface area contributed by atoms with E-state index in [4.69, 9.17) is 5.11 Å². The third-order valence-electron chi connectivity index (χ3n) is 7.59. The van der Waals surface area contributed by atoms with Gasteiger partial charge in [-0.2, -0.15) is 0 Å². The van der Waals surface area contributed by atoms with Gasteiger partial charge in [0.15, 0.2) is 0 Å². The lowest BCUT2D eigenvalue weighted by atomic mass is 9.72. The summed E-state index contributed by atoms with van der Waals surface area (Å²) < 4.78 is 0. The van der Waals surface area contributed by atoms with Crippen LogP contribution in [0.5, 0.6) is 0 Å². The number of likely N-dealkylation sites (N-methyl/N-ethyl adjacent to an activating group) is 1. The number of rotatable bonds is 26. The Morgan fingerprint density at radius 2 is 1.09 bits per heavy atom. The number of hydrogen-bond donors (Lipinski definition) is 8. The molecule has 43 heavy (non-hydrogen) atoms. The summed E-state index contributed by atoms with van der Waals surface area (Å²) in [6.45, 7) is 1.10. The van der Waals surface area contributed by atoms with Crippen molar-refractivity contribution in [3.8, 4) is 0 Å². The molecule has 1 rings (SSSR count). The molecule has 2 amide bonds. The summed E-state index contributed by atoms with van der Waals surface area (Å²) in [5, 5.41) is 54.9. The lowest BCUT2D eigenvalue weighted by Crippen LogP contribution is -2.40. The zero-order valence-corrected chi connectivity index (χ0v) is 25.9. The fraction of sp³-hybridized carbons (Fsp3) is 0.700. The van der Waals surface area contributed by atoms with Crippen molar-refractivity contribution in [3.63, 3.8) is 0 Å². The molecule has 0 bridgehead atoms. The maximum absolute atomic E-state index is 12.4. The molecule has 0 fully saturated rings. The summed E-state index contributed by atoms with van der Waals surface area (Å²) in [6, 6.07) is 3.36. The van der Waals surface area contributed by atoms with Gasteiger partial charge in [-0.05, 0) is 62.2 Å². The molecule has 0 aliphatic carbocycles. The Labute approximate surface area is 257 Å². The monoisotopic (exact) mass is 605 g/mol. The first-order valence-electron chi connectivity index (χ1n) is 16.0. The van der Waals surface area contributed by atoms with Crippen molar-refractivity contribution < 1.29 is 39.6 Å². The van der Waals surface area contributed by atoms with Crippen LogP contribution in [0.3, 0.4) is 0 Å². The average molecular weight is 605 g/mol. The molecule has 0 radical (unpaired) electrons. The predicted molar refractivity (Wildman–Crippen MR) is 170 cm³/mol. The van der Waals surface area contributed by atoms with Gasteiger partial charge in [-0.25, -0.2) is 0 Å². The van der Waals surface area contributed by atoms with E-state index in [9.17, 15) is 34.5 Å². The number of aliphatic carboxylic acids is 1. The zero-order chi connectivity index (χ0) is 31.9. The highest BCUT2D eigenvalue weighted by Gasteiger charge is 2.20. The van der Waals surface area contributed by atoms with Gasteiger partial charge in [0.25, 0.3) is 5.91 Å². The predicted octanol–water partition coefficient (Wildman–Crippen LogP) is 1.20. The summed E-state index contributed by atoms with van der Waals surface area (Å²) in [7, 11) is -1.97. The number of hydrogen-bond acceptors (Lipinski definition) is 8. The van der Waals surface area contributed by atoms with E-state index in [-0.39, 0.29) is 22.4 Å². The highest BCUT2D eigenvalue weighted by atomic mass is 16.4. The smallest absolute Gasteiger partial charge is 0.480 e. The van der Waals surface area contributed by atoms with Crippen LogP contribution in [-0.4, -0.2) is 83.4 Å². The van der Waals surface area contributed by atoms with Gasteiger partial charge in [0.2, 0.25) is 5.91 Å². The first kappa shape index (κ1) is 38.6. The fourth-order valence-corrected chi connectivity index (χ4v) is 4.95. The van der Waals surface area contributed by atoms with E-state index >= 15 is 0 Å². The first-order chi connectivity index (χ1) is 20.6. The van der Waals surface area contributed by atoms with Gasteiger partial charge in [0, 0.05) is 25.1 Å². The zero-order valence-electron chi connectivity index (χ0n) is 25.9. The Kier molecular flexibility index (Phi) is 21.5. The minimum Gasteiger partial charge on any atom is -0.480 e. The molecule has 0 heterocycles. The summed E-state index contributed by atoms with van der Waals surface area (Å²) >= 11 is 0. The summed E-state index contributed by atoms with van der Waals surface area (Å²) in [6.07, 6.45) is 17.3. The second-order valence-corrected chi connectivity index (χ2v) is 11.3. The number of carbonyl (C=O) groups excluding carboxylic acids is 2. The molecule has 0 spiro atoms. The molecule has 1 aromatic carbocycles. The van der Waals surface area contributed by atoms with Crippen LogP contribution in [0.2, 0.25) is 0 Å². The maximum atomic E-state index is 12.4. The van der Waals surface area contributed by atoms with Crippen LogP contribution < -0.4 is 26.9 Å². The van der Waals surface area contributed by atoms with Crippen LogP contribution in [-0.2, 0) is 9.59 Å². The van der Waals surface area contributed by atoms with Crippen molar-refractivity contribution in [1.82, 2.24) is 16.0 Å². The molecule has 13 heteroatoms. The molecule has 1 atom stereocenters. The molecule has 1 aromatic rings. The molecule has 0 aliphatic rings. The first-order valence-corrected chi connectivity index (χ1v) is 16.0. The molecular weight excluding hydrogens is 552 g/mol. The van der Waals surface area contributed by atoms with Gasteiger partial charge in [-0.3, -0.25) is 14.4 Å². The molecule has 11 nitrogen and oxygen atoms in total. The lowest BCUT2D eigenvalue weighted by Gasteiger charge is -2.10. The summed E-state index contributed by atoms with van der Waals surface area (Å²) in [5.74, 6) is -1.15. The maximum Gasteiger partial charge on any atom is 0.488 e. The van der Waals surface area contributed by atoms with E-state index in [2.05, 4.69) is 16.0 Å². The van der Waals surface area contributed by atoms with Crippen LogP contribution in [0, 0.1) is 0 Å². The minimum atomic E-state index is -1.81. The molecule has 0 aliphatic heterocycles. The SMILES string of the molecule is CN[C@@H](CCCCNC(=O)CCCCCCCCCCCCCCCNC(=O)c1cc(B(O)O)cc(B(O)O)c1)C(=O)O. The van der Waals surface area contributed by atoms with Crippen molar-refractivity contribution in [2.24, 2.45) is 0 Å². The number of amides is 2. The van der Waals surface area contributed by atoms with Gasteiger partial charge >= 0.3 is 20.2 Å². The number of carbonyl (C=O) groups is 3. The topological polar surface area (TPSA) is 188 Å². The van der Waals surface area contributed by atoms with Crippen molar-refractivity contribution in [2.45, 2.75) is 115 Å². The molecule has 0 aromatic heterocycles. The second-order valence-electron chi connectivity index (χ2n) is 11.3. The van der Waals surface area contributed by atoms with Crippen LogP contribution >= 0.6 is 0 Å². The van der Waals surface area contributed by atoms with Crippen LogP contribution in [0.1, 0.15) is 120 Å².